The Bertz CT molecular complexity index is 283. The van der Waals surface area contributed by atoms with E-state index in [1.165, 1.54) is 0 Å². The predicted molar refractivity (Wildman–Crippen MR) is 66.2 cm³/mol. The lowest BCUT2D eigenvalue weighted by Crippen LogP contribution is -2.47. The second kappa shape index (κ2) is 8.05. The maximum absolute atomic E-state index is 11.6. The minimum atomic E-state index is -0.847. The lowest BCUT2D eigenvalue weighted by atomic mass is 10.0. The molecule has 0 aromatic carbocycles. The summed E-state index contributed by atoms with van der Waals surface area (Å²) in [5.41, 5.74) is 0. The van der Waals surface area contributed by atoms with Crippen molar-refractivity contribution in [2.24, 2.45) is 0 Å². The number of aliphatic carboxylic acids is 1. The van der Waals surface area contributed by atoms with Gasteiger partial charge in [-0.1, -0.05) is 6.42 Å². The van der Waals surface area contributed by atoms with Crippen LogP contribution in [0.25, 0.3) is 0 Å². The molecule has 0 aromatic heterocycles. The molecule has 1 aliphatic heterocycles. The van der Waals surface area contributed by atoms with Gasteiger partial charge in [-0.25, -0.2) is 0 Å². The number of nitrogens with zero attached hydrogens (tertiary/aromatic N) is 1. The van der Waals surface area contributed by atoms with Gasteiger partial charge < -0.3 is 15.5 Å². The van der Waals surface area contributed by atoms with Crippen molar-refractivity contribution in [3.05, 3.63) is 0 Å². The largest absolute Gasteiger partial charge is 0.481 e. The van der Waals surface area contributed by atoms with E-state index in [4.69, 9.17) is 5.11 Å². The number of carboxylic acid groups (broad SMARTS) is 1. The number of amides is 1. The van der Waals surface area contributed by atoms with Crippen LogP contribution in [0.15, 0.2) is 0 Å². The average Bonchev–Trinajstić information content (AvgIpc) is 2.35. The van der Waals surface area contributed by atoms with Crippen molar-refractivity contribution < 1.29 is 19.8 Å². The van der Waals surface area contributed by atoms with Gasteiger partial charge in [0.25, 0.3) is 0 Å². The molecule has 0 saturated carbocycles. The fourth-order valence-corrected chi connectivity index (χ4v) is 2.18. The number of carbonyl (C=O) groups excluding carboxylic acids is 1. The zero-order chi connectivity index (χ0) is 13.4. The van der Waals surface area contributed by atoms with Crippen molar-refractivity contribution in [3.8, 4) is 0 Å². The quantitative estimate of drug-likeness (QED) is 0.551. The number of rotatable bonds is 7. The predicted octanol–water partition coefficient (Wildman–Crippen LogP) is -0.186. The maximum Gasteiger partial charge on any atom is 0.303 e. The minimum absolute atomic E-state index is 0.0727. The molecule has 1 amide bonds. The van der Waals surface area contributed by atoms with E-state index in [1.807, 2.05) is 4.90 Å². The molecule has 0 radical (unpaired) electrons. The highest BCUT2D eigenvalue weighted by molar-refractivity contribution is 5.78. The van der Waals surface area contributed by atoms with Crippen LogP contribution in [0, 0.1) is 0 Å². The summed E-state index contributed by atoms with van der Waals surface area (Å²) in [5.74, 6) is -0.943. The van der Waals surface area contributed by atoms with Crippen LogP contribution in [-0.4, -0.2) is 59.3 Å². The number of hydrogen-bond acceptors (Lipinski definition) is 4. The van der Waals surface area contributed by atoms with Crippen molar-refractivity contribution >= 4 is 11.9 Å². The minimum Gasteiger partial charge on any atom is -0.481 e. The van der Waals surface area contributed by atoms with E-state index in [1.54, 1.807) is 0 Å². The molecule has 3 N–H and O–H groups in total. The molecule has 0 bridgehead atoms. The number of hydrogen-bond donors (Lipinski definition) is 3. The van der Waals surface area contributed by atoms with E-state index in [0.717, 1.165) is 25.8 Å². The third kappa shape index (κ3) is 5.46. The van der Waals surface area contributed by atoms with E-state index in [0.29, 0.717) is 13.0 Å². The van der Waals surface area contributed by atoms with Crippen molar-refractivity contribution in [2.75, 3.05) is 26.2 Å². The van der Waals surface area contributed by atoms with Gasteiger partial charge in [-0.05, 0) is 25.8 Å². The summed E-state index contributed by atoms with van der Waals surface area (Å²) in [7, 11) is 0. The monoisotopic (exact) mass is 258 g/mol. The number of carboxylic acids is 1. The normalized spacial score (nSPS) is 20.6. The molecule has 1 saturated heterocycles. The molecule has 18 heavy (non-hydrogen) atoms. The Balaban J connectivity index is 2.19. The molecule has 0 spiro atoms. The zero-order valence-electron chi connectivity index (χ0n) is 10.6. The average molecular weight is 258 g/mol. The Labute approximate surface area is 107 Å². The first kappa shape index (κ1) is 14.9. The number of aliphatic hydroxyl groups excluding tert-OH is 1. The molecule has 6 heteroatoms. The SMILES string of the molecule is O=C(O)CCCNC(=O)CN1CCCCC1CO. The Hall–Kier alpha value is -1.14. The lowest BCUT2D eigenvalue weighted by molar-refractivity contribution is -0.137. The highest BCUT2D eigenvalue weighted by atomic mass is 16.4. The number of nitrogens with one attached hydrogen (secondary N) is 1. The summed E-state index contributed by atoms with van der Waals surface area (Å²) in [4.78, 5) is 23.9. The second-order valence-corrected chi connectivity index (χ2v) is 4.65. The number of carbonyl (C=O) groups is 2. The molecule has 1 atom stereocenters. The van der Waals surface area contributed by atoms with E-state index in [9.17, 15) is 14.7 Å². The first-order valence-corrected chi connectivity index (χ1v) is 6.47. The molecular formula is C12H22N2O4. The van der Waals surface area contributed by atoms with Crippen molar-refractivity contribution in [1.82, 2.24) is 10.2 Å². The van der Waals surface area contributed by atoms with Crippen molar-refractivity contribution in [3.63, 3.8) is 0 Å². The Morgan fingerprint density at radius 1 is 1.33 bits per heavy atom. The molecule has 0 aromatic rings. The van der Waals surface area contributed by atoms with Crippen molar-refractivity contribution in [2.45, 2.75) is 38.1 Å². The van der Waals surface area contributed by atoms with Crippen LogP contribution >= 0.6 is 0 Å². The van der Waals surface area contributed by atoms with Gasteiger partial charge in [0, 0.05) is 19.0 Å². The lowest BCUT2D eigenvalue weighted by Gasteiger charge is -2.33. The van der Waals surface area contributed by atoms with Gasteiger partial charge in [0.1, 0.15) is 0 Å². The van der Waals surface area contributed by atoms with Crippen LogP contribution in [0.3, 0.4) is 0 Å². The first-order valence-electron chi connectivity index (χ1n) is 6.47. The second-order valence-electron chi connectivity index (χ2n) is 4.65. The smallest absolute Gasteiger partial charge is 0.303 e. The highest BCUT2D eigenvalue weighted by Gasteiger charge is 2.23. The maximum atomic E-state index is 11.6. The van der Waals surface area contributed by atoms with Gasteiger partial charge in [-0.3, -0.25) is 14.5 Å². The van der Waals surface area contributed by atoms with E-state index >= 15 is 0 Å². The third-order valence-corrected chi connectivity index (χ3v) is 3.20. The summed E-state index contributed by atoms with van der Waals surface area (Å²) in [5, 5.41) is 20.4. The van der Waals surface area contributed by atoms with Crippen LogP contribution in [0.4, 0.5) is 0 Å². The Morgan fingerprint density at radius 2 is 2.11 bits per heavy atom. The van der Waals surface area contributed by atoms with Crippen LogP contribution in [0.5, 0.6) is 0 Å². The van der Waals surface area contributed by atoms with Gasteiger partial charge in [-0.15, -0.1) is 0 Å². The molecule has 0 aliphatic carbocycles. The Morgan fingerprint density at radius 3 is 2.78 bits per heavy atom. The molecule has 1 rings (SSSR count). The van der Waals surface area contributed by atoms with E-state index in [-0.39, 0.29) is 31.5 Å². The first-order chi connectivity index (χ1) is 8.63. The van der Waals surface area contributed by atoms with Crippen LogP contribution in [0.2, 0.25) is 0 Å². The molecule has 104 valence electrons. The molecule has 1 unspecified atom stereocenters. The van der Waals surface area contributed by atoms with Gasteiger partial charge >= 0.3 is 5.97 Å². The summed E-state index contributed by atoms with van der Waals surface area (Å²) < 4.78 is 0. The number of aliphatic hydroxyl groups is 1. The van der Waals surface area contributed by atoms with Gasteiger partial charge in [-0.2, -0.15) is 0 Å². The fraction of sp³-hybridized carbons (Fsp3) is 0.833. The van der Waals surface area contributed by atoms with Gasteiger partial charge in [0.2, 0.25) is 5.91 Å². The topological polar surface area (TPSA) is 89.9 Å². The van der Waals surface area contributed by atoms with Gasteiger partial charge in [0.05, 0.1) is 13.2 Å². The van der Waals surface area contributed by atoms with E-state index in [2.05, 4.69) is 5.32 Å². The highest BCUT2D eigenvalue weighted by Crippen LogP contribution is 2.15. The number of likely N-dealkylation sites (tertiary alicyclic amines) is 1. The standard InChI is InChI=1S/C12H22N2O4/c15-9-10-4-1-2-7-14(10)8-11(16)13-6-3-5-12(17)18/h10,15H,1-9H2,(H,13,16)(H,17,18). The van der Waals surface area contributed by atoms with Crippen molar-refractivity contribution in [1.29, 1.82) is 0 Å². The molecule has 1 fully saturated rings. The molecule has 6 nitrogen and oxygen atoms in total. The summed E-state index contributed by atoms with van der Waals surface area (Å²) >= 11 is 0. The Kier molecular flexibility index (Phi) is 6.67. The summed E-state index contributed by atoms with van der Waals surface area (Å²) in [6.07, 6.45) is 3.61. The zero-order valence-corrected chi connectivity index (χ0v) is 10.6. The summed E-state index contributed by atoms with van der Waals surface area (Å²) in [6, 6.07) is 0.0866. The van der Waals surface area contributed by atoms with Gasteiger partial charge in [0.15, 0.2) is 0 Å². The fourth-order valence-electron chi connectivity index (χ4n) is 2.18. The molecule has 1 aliphatic rings. The van der Waals surface area contributed by atoms with Crippen LogP contribution in [-0.2, 0) is 9.59 Å². The third-order valence-electron chi connectivity index (χ3n) is 3.20. The van der Waals surface area contributed by atoms with E-state index < -0.39 is 5.97 Å². The van der Waals surface area contributed by atoms with Crippen LogP contribution < -0.4 is 5.32 Å². The summed E-state index contributed by atoms with van der Waals surface area (Å²) in [6.45, 7) is 1.61. The number of piperidine rings is 1. The van der Waals surface area contributed by atoms with Crippen LogP contribution in [0.1, 0.15) is 32.1 Å². The molecular weight excluding hydrogens is 236 g/mol. The molecule has 1 heterocycles.